The largest absolute Gasteiger partial charge is 0.476 e. The maximum absolute atomic E-state index is 11.3. The van der Waals surface area contributed by atoms with Crippen molar-refractivity contribution in [1.82, 2.24) is 24.8 Å². The van der Waals surface area contributed by atoms with Crippen molar-refractivity contribution < 1.29 is 9.90 Å². The smallest absolute Gasteiger partial charge is 0.358 e. The lowest BCUT2D eigenvalue weighted by atomic mass is 10.2. The minimum absolute atomic E-state index is 0.0312. The summed E-state index contributed by atoms with van der Waals surface area (Å²) in [6, 6.07) is 5.68. The second-order valence-electron chi connectivity index (χ2n) is 4.63. The first-order valence-corrected chi connectivity index (χ1v) is 7.14. The summed E-state index contributed by atoms with van der Waals surface area (Å²) in [4.78, 5) is 12.2. The maximum Gasteiger partial charge on any atom is 0.358 e. The summed E-state index contributed by atoms with van der Waals surface area (Å²) in [5.41, 5.74) is 2.34. The van der Waals surface area contributed by atoms with E-state index < -0.39 is 5.97 Å². The summed E-state index contributed by atoms with van der Waals surface area (Å²) < 4.78 is 3.36. The van der Waals surface area contributed by atoms with Gasteiger partial charge in [0.15, 0.2) is 5.69 Å². The average molecular weight is 303 g/mol. The maximum atomic E-state index is 11.3. The zero-order valence-electron chi connectivity index (χ0n) is 11.5. The number of carboxylic acids is 1. The zero-order chi connectivity index (χ0) is 15.0. The number of hydrogen-bond donors (Lipinski definition) is 1. The third kappa shape index (κ3) is 2.45. The molecule has 0 aliphatic carbocycles. The van der Waals surface area contributed by atoms with Crippen LogP contribution in [-0.2, 0) is 13.6 Å². The summed E-state index contributed by atoms with van der Waals surface area (Å²) in [5, 5.41) is 23.2. The van der Waals surface area contributed by atoms with Crippen molar-refractivity contribution in [3.63, 3.8) is 0 Å². The fourth-order valence-corrected chi connectivity index (χ4v) is 2.97. The topological polar surface area (TPSA) is 85.8 Å². The molecule has 0 aliphatic heterocycles. The molecular weight excluding hydrogens is 290 g/mol. The van der Waals surface area contributed by atoms with E-state index in [1.165, 1.54) is 11.3 Å². The minimum Gasteiger partial charge on any atom is -0.476 e. The van der Waals surface area contributed by atoms with Crippen LogP contribution in [0.2, 0.25) is 0 Å². The van der Waals surface area contributed by atoms with Gasteiger partial charge >= 0.3 is 5.97 Å². The van der Waals surface area contributed by atoms with E-state index >= 15 is 0 Å². The molecular formula is C13H13N5O2S. The SMILES string of the molecule is Cc1cc(Cn2nnc(C(=O)O)c2-c2cccs2)n(C)n1. The van der Waals surface area contributed by atoms with E-state index in [0.717, 1.165) is 16.3 Å². The van der Waals surface area contributed by atoms with Crippen LogP contribution in [-0.4, -0.2) is 35.9 Å². The molecule has 0 saturated heterocycles. The molecule has 3 aromatic heterocycles. The van der Waals surface area contributed by atoms with Crippen molar-refractivity contribution >= 4 is 17.3 Å². The van der Waals surface area contributed by atoms with Gasteiger partial charge in [0, 0.05) is 7.05 Å². The van der Waals surface area contributed by atoms with Gasteiger partial charge in [0.2, 0.25) is 0 Å². The lowest BCUT2D eigenvalue weighted by Crippen LogP contribution is -2.09. The Morgan fingerprint density at radius 3 is 2.86 bits per heavy atom. The number of aromatic nitrogens is 5. The Labute approximate surface area is 124 Å². The van der Waals surface area contributed by atoms with Crippen LogP contribution in [0.25, 0.3) is 10.6 Å². The minimum atomic E-state index is -1.08. The first-order chi connectivity index (χ1) is 10.1. The van der Waals surface area contributed by atoms with Gasteiger partial charge in [0.25, 0.3) is 0 Å². The molecule has 7 nitrogen and oxygen atoms in total. The number of carbonyl (C=O) groups is 1. The van der Waals surface area contributed by atoms with Crippen LogP contribution in [0.1, 0.15) is 21.9 Å². The predicted molar refractivity (Wildman–Crippen MR) is 77.3 cm³/mol. The third-order valence-electron chi connectivity index (χ3n) is 3.10. The van der Waals surface area contributed by atoms with Crippen LogP contribution in [0, 0.1) is 6.92 Å². The molecule has 0 amide bonds. The lowest BCUT2D eigenvalue weighted by Gasteiger charge is -2.05. The summed E-state index contributed by atoms with van der Waals surface area (Å²) in [6.07, 6.45) is 0. The highest BCUT2D eigenvalue weighted by Crippen LogP contribution is 2.27. The fraction of sp³-hybridized carbons (Fsp3) is 0.231. The van der Waals surface area contributed by atoms with E-state index in [-0.39, 0.29) is 5.69 Å². The first kappa shape index (κ1) is 13.5. The molecule has 0 unspecified atom stereocenters. The highest BCUT2D eigenvalue weighted by Gasteiger charge is 2.22. The number of aromatic carboxylic acids is 1. The number of carboxylic acid groups (broad SMARTS) is 1. The van der Waals surface area contributed by atoms with Crippen molar-refractivity contribution in [3.05, 3.63) is 40.7 Å². The number of rotatable bonds is 4. The van der Waals surface area contributed by atoms with Crippen LogP contribution in [0.15, 0.2) is 23.6 Å². The molecule has 0 fully saturated rings. The van der Waals surface area contributed by atoms with Crippen molar-refractivity contribution in [2.75, 3.05) is 0 Å². The van der Waals surface area contributed by atoms with E-state index in [2.05, 4.69) is 15.4 Å². The van der Waals surface area contributed by atoms with Crippen molar-refractivity contribution in [2.24, 2.45) is 7.05 Å². The van der Waals surface area contributed by atoms with Crippen molar-refractivity contribution in [3.8, 4) is 10.6 Å². The molecule has 0 aliphatic rings. The van der Waals surface area contributed by atoms with Gasteiger partial charge in [-0.15, -0.1) is 16.4 Å². The van der Waals surface area contributed by atoms with Crippen LogP contribution < -0.4 is 0 Å². The summed E-state index contributed by atoms with van der Waals surface area (Å²) >= 11 is 1.46. The van der Waals surface area contributed by atoms with Crippen molar-refractivity contribution in [2.45, 2.75) is 13.5 Å². The normalized spacial score (nSPS) is 11.0. The average Bonchev–Trinajstić information content (AvgIpc) is 3.10. The van der Waals surface area contributed by atoms with E-state index in [9.17, 15) is 9.90 Å². The van der Waals surface area contributed by atoms with Gasteiger partial charge in [0.05, 0.1) is 22.8 Å². The van der Waals surface area contributed by atoms with E-state index in [1.54, 1.807) is 9.36 Å². The Morgan fingerprint density at radius 2 is 2.29 bits per heavy atom. The van der Waals surface area contributed by atoms with Crippen LogP contribution in [0.4, 0.5) is 0 Å². The van der Waals surface area contributed by atoms with Crippen molar-refractivity contribution in [1.29, 1.82) is 0 Å². The van der Waals surface area contributed by atoms with Gasteiger partial charge in [-0.25, -0.2) is 9.48 Å². The number of thiophene rings is 1. The highest BCUT2D eigenvalue weighted by molar-refractivity contribution is 7.13. The molecule has 0 bridgehead atoms. The van der Waals surface area contributed by atoms with Crippen LogP contribution >= 0.6 is 11.3 Å². The van der Waals surface area contributed by atoms with E-state index in [1.807, 2.05) is 37.6 Å². The lowest BCUT2D eigenvalue weighted by molar-refractivity contribution is 0.0691. The summed E-state index contributed by atoms with van der Waals surface area (Å²) in [5.74, 6) is -1.08. The van der Waals surface area contributed by atoms with E-state index in [0.29, 0.717) is 12.2 Å². The predicted octanol–water partition coefficient (Wildman–Crippen LogP) is 1.80. The summed E-state index contributed by atoms with van der Waals surface area (Å²) in [7, 11) is 1.85. The number of hydrogen-bond acceptors (Lipinski definition) is 5. The van der Waals surface area contributed by atoms with Crippen LogP contribution in [0.3, 0.4) is 0 Å². The van der Waals surface area contributed by atoms with E-state index in [4.69, 9.17) is 0 Å². The van der Waals surface area contributed by atoms with Gasteiger partial charge in [-0.2, -0.15) is 5.10 Å². The molecule has 0 radical (unpaired) electrons. The Balaban J connectivity index is 2.07. The molecule has 1 N–H and O–H groups in total. The molecule has 21 heavy (non-hydrogen) atoms. The highest BCUT2D eigenvalue weighted by atomic mass is 32.1. The quantitative estimate of drug-likeness (QED) is 0.794. The Hall–Kier alpha value is -2.48. The first-order valence-electron chi connectivity index (χ1n) is 6.26. The van der Waals surface area contributed by atoms with Gasteiger partial charge in [-0.1, -0.05) is 11.3 Å². The second-order valence-corrected chi connectivity index (χ2v) is 5.58. The molecule has 3 heterocycles. The molecule has 0 spiro atoms. The molecule has 3 rings (SSSR count). The molecule has 8 heteroatoms. The Morgan fingerprint density at radius 1 is 1.48 bits per heavy atom. The standard InChI is InChI=1S/C13H13N5O2S/c1-8-6-9(17(2)15-8)7-18-12(10-4-3-5-21-10)11(13(19)20)14-16-18/h3-6H,7H2,1-2H3,(H,19,20). The van der Waals surface area contributed by atoms with Gasteiger partial charge < -0.3 is 5.11 Å². The second kappa shape index (κ2) is 5.13. The Kier molecular flexibility index (Phi) is 3.30. The molecule has 0 saturated carbocycles. The van der Waals surface area contributed by atoms with Crippen LogP contribution in [0.5, 0.6) is 0 Å². The summed E-state index contributed by atoms with van der Waals surface area (Å²) in [6.45, 7) is 2.33. The molecule has 3 aromatic rings. The molecule has 108 valence electrons. The molecule has 0 atom stereocenters. The Bertz CT molecular complexity index is 788. The van der Waals surface area contributed by atoms with Gasteiger partial charge in [-0.3, -0.25) is 4.68 Å². The zero-order valence-corrected chi connectivity index (χ0v) is 12.3. The third-order valence-corrected chi connectivity index (χ3v) is 3.98. The number of aryl methyl sites for hydroxylation is 2. The number of nitrogens with zero attached hydrogens (tertiary/aromatic N) is 5. The van der Waals surface area contributed by atoms with Gasteiger partial charge in [-0.05, 0) is 24.4 Å². The molecule has 0 aromatic carbocycles. The fourth-order valence-electron chi connectivity index (χ4n) is 2.19. The monoisotopic (exact) mass is 303 g/mol. The van der Waals surface area contributed by atoms with Gasteiger partial charge in [0.1, 0.15) is 5.69 Å².